The topological polar surface area (TPSA) is 90.0 Å². The van der Waals surface area contributed by atoms with Gasteiger partial charge in [-0.15, -0.1) is 11.3 Å². The largest absolute Gasteiger partial charge is 0.493 e. The van der Waals surface area contributed by atoms with Crippen LogP contribution < -0.4 is 15.0 Å². The number of aromatic nitrogens is 3. The number of benzene rings is 1. The Hall–Kier alpha value is -3.18. The van der Waals surface area contributed by atoms with Gasteiger partial charge in [-0.25, -0.2) is 9.67 Å². The van der Waals surface area contributed by atoms with Gasteiger partial charge in [-0.2, -0.15) is 10.4 Å². The molecular formula is C19H18N4O3S. The minimum atomic E-state index is -0.402. The molecule has 1 aromatic carbocycles. The highest BCUT2D eigenvalue weighted by Gasteiger charge is 2.14. The van der Waals surface area contributed by atoms with Gasteiger partial charge in [0.1, 0.15) is 16.6 Å². The summed E-state index contributed by atoms with van der Waals surface area (Å²) in [6.45, 7) is 3.71. The summed E-state index contributed by atoms with van der Waals surface area (Å²) in [5.41, 5.74) is 2.58. The zero-order valence-electron chi connectivity index (χ0n) is 15.4. The Kier molecular flexibility index (Phi) is 5.23. The van der Waals surface area contributed by atoms with Gasteiger partial charge in [0.05, 0.1) is 32.2 Å². The number of aryl methyl sites for hydroxylation is 1. The molecule has 7 nitrogen and oxygen atoms in total. The van der Waals surface area contributed by atoms with Gasteiger partial charge in [-0.3, -0.25) is 4.79 Å². The molecule has 27 heavy (non-hydrogen) atoms. The van der Waals surface area contributed by atoms with E-state index in [4.69, 9.17) is 9.47 Å². The molecule has 0 aliphatic carbocycles. The lowest BCUT2D eigenvalue weighted by atomic mass is 10.1. The second kappa shape index (κ2) is 7.60. The van der Waals surface area contributed by atoms with Crippen LogP contribution in [0.3, 0.4) is 0 Å². The molecule has 8 heteroatoms. The van der Waals surface area contributed by atoms with Crippen LogP contribution in [0.15, 0.2) is 28.4 Å². The van der Waals surface area contributed by atoms with E-state index in [2.05, 4.69) is 10.1 Å². The van der Waals surface area contributed by atoms with Crippen molar-refractivity contribution in [3.05, 3.63) is 56.4 Å². The molecule has 0 saturated heterocycles. The molecule has 0 aliphatic rings. The van der Waals surface area contributed by atoms with Gasteiger partial charge < -0.3 is 9.47 Å². The summed E-state index contributed by atoms with van der Waals surface area (Å²) in [5, 5.41) is 16.2. The van der Waals surface area contributed by atoms with Gasteiger partial charge in [0.15, 0.2) is 11.5 Å². The Morgan fingerprint density at radius 2 is 1.96 bits per heavy atom. The quantitative estimate of drug-likeness (QED) is 0.674. The van der Waals surface area contributed by atoms with Crippen LogP contribution >= 0.6 is 11.3 Å². The second-order valence-electron chi connectivity index (χ2n) is 5.87. The van der Waals surface area contributed by atoms with Gasteiger partial charge in [0, 0.05) is 10.9 Å². The van der Waals surface area contributed by atoms with Crippen molar-refractivity contribution in [1.82, 2.24) is 14.8 Å². The summed E-state index contributed by atoms with van der Waals surface area (Å²) in [6.07, 6.45) is 0. The highest BCUT2D eigenvalue weighted by molar-refractivity contribution is 7.13. The standard InChI is InChI=1S/C19H18N4O3S/c1-11-12(2)22-23(19(24)15(11)8-20)9-14-10-27-18(21-14)13-5-6-16(25-3)17(7-13)26-4/h5-7,10H,9H2,1-4H3. The van der Waals surface area contributed by atoms with E-state index in [-0.39, 0.29) is 12.1 Å². The maximum atomic E-state index is 12.4. The van der Waals surface area contributed by atoms with Crippen molar-refractivity contribution in [2.24, 2.45) is 0 Å². The minimum absolute atomic E-state index is 0.123. The van der Waals surface area contributed by atoms with E-state index < -0.39 is 5.56 Å². The number of ether oxygens (including phenoxy) is 2. The minimum Gasteiger partial charge on any atom is -0.493 e. The lowest BCUT2D eigenvalue weighted by Crippen LogP contribution is -2.28. The summed E-state index contributed by atoms with van der Waals surface area (Å²) in [6, 6.07) is 7.55. The first kappa shape index (κ1) is 18.6. The molecule has 0 aliphatic heterocycles. The number of hydrogen-bond donors (Lipinski definition) is 0. The van der Waals surface area contributed by atoms with Crippen molar-refractivity contribution in [1.29, 1.82) is 5.26 Å². The molecule has 3 rings (SSSR count). The Labute approximate surface area is 160 Å². The molecule has 0 radical (unpaired) electrons. The van der Waals surface area contributed by atoms with Crippen LogP contribution in [0.2, 0.25) is 0 Å². The monoisotopic (exact) mass is 382 g/mol. The van der Waals surface area contributed by atoms with Crippen molar-refractivity contribution in [2.75, 3.05) is 14.2 Å². The molecular weight excluding hydrogens is 364 g/mol. The fourth-order valence-corrected chi connectivity index (χ4v) is 3.45. The van der Waals surface area contributed by atoms with Crippen molar-refractivity contribution in [2.45, 2.75) is 20.4 Å². The summed E-state index contributed by atoms with van der Waals surface area (Å²) in [5.74, 6) is 1.27. The molecule has 2 aromatic heterocycles. The predicted octanol–water partition coefficient (Wildman–Crippen LogP) is 2.92. The number of hydrogen-bond acceptors (Lipinski definition) is 7. The first-order valence-corrected chi connectivity index (χ1v) is 9.01. The lowest BCUT2D eigenvalue weighted by Gasteiger charge is -2.08. The molecule has 0 spiro atoms. The third-order valence-electron chi connectivity index (χ3n) is 4.24. The van der Waals surface area contributed by atoms with E-state index in [0.29, 0.717) is 28.5 Å². The van der Waals surface area contributed by atoms with Crippen LogP contribution in [0.25, 0.3) is 10.6 Å². The average molecular weight is 382 g/mol. The maximum absolute atomic E-state index is 12.4. The third kappa shape index (κ3) is 3.55. The molecule has 3 aromatic rings. The van der Waals surface area contributed by atoms with Crippen LogP contribution in [0.5, 0.6) is 11.5 Å². The molecule has 0 amide bonds. The van der Waals surface area contributed by atoms with Gasteiger partial charge in [0.2, 0.25) is 0 Å². The highest BCUT2D eigenvalue weighted by Crippen LogP contribution is 2.33. The van der Waals surface area contributed by atoms with Crippen LogP contribution in [0.1, 0.15) is 22.5 Å². The number of methoxy groups -OCH3 is 2. The molecule has 0 N–H and O–H groups in total. The van der Waals surface area contributed by atoms with Crippen LogP contribution in [0, 0.1) is 25.2 Å². The predicted molar refractivity (Wildman–Crippen MR) is 102 cm³/mol. The van der Waals surface area contributed by atoms with E-state index in [1.165, 1.54) is 16.0 Å². The van der Waals surface area contributed by atoms with Crippen LogP contribution in [-0.4, -0.2) is 29.0 Å². The number of nitrogens with zero attached hydrogens (tertiary/aromatic N) is 4. The zero-order chi connectivity index (χ0) is 19.6. The van der Waals surface area contributed by atoms with Gasteiger partial charge >= 0.3 is 0 Å². The van der Waals surface area contributed by atoms with E-state index in [1.807, 2.05) is 29.6 Å². The molecule has 138 valence electrons. The summed E-state index contributed by atoms with van der Waals surface area (Å²) in [4.78, 5) is 17.0. The molecule has 0 fully saturated rings. The fourth-order valence-electron chi connectivity index (χ4n) is 2.65. The number of rotatable bonds is 5. The van der Waals surface area contributed by atoms with E-state index in [1.54, 1.807) is 28.1 Å². The first-order valence-electron chi connectivity index (χ1n) is 8.13. The normalized spacial score (nSPS) is 10.5. The Morgan fingerprint density at radius 1 is 1.22 bits per heavy atom. The Bertz CT molecular complexity index is 1100. The number of nitriles is 1. The Balaban J connectivity index is 1.93. The van der Waals surface area contributed by atoms with Gasteiger partial charge in [-0.05, 0) is 37.6 Å². The second-order valence-corrected chi connectivity index (χ2v) is 6.73. The van der Waals surface area contributed by atoms with Crippen molar-refractivity contribution < 1.29 is 9.47 Å². The fraction of sp³-hybridized carbons (Fsp3) is 0.263. The van der Waals surface area contributed by atoms with Crippen molar-refractivity contribution >= 4 is 11.3 Å². The maximum Gasteiger partial charge on any atom is 0.285 e. The van der Waals surface area contributed by atoms with E-state index in [9.17, 15) is 10.1 Å². The van der Waals surface area contributed by atoms with Crippen molar-refractivity contribution in [3.63, 3.8) is 0 Å². The molecule has 0 bridgehead atoms. The number of thiazole rings is 1. The third-order valence-corrected chi connectivity index (χ3v) is 5.18. The molecule has 0 atom stereocenters. The Morgan fingerprint density at radius 3 is 2.63 bits per heavy atom. The average Bonchev–Trinajstić information content (AvgIpc) is 3.14. The van der Waals surface area contributed by atoms with E-state index in [0.717, 1.165) is 10.6 Å². The summed E-state index contributed by atoms with van der Waals surface area (Å²) >= 11 is 1.46. The van der Waals surface area contributed by atoms with Crippen LogP contribution in [0.4, 0.5) is 0 Å². The van der Waals surface area contributed by atoms with Gasteiger partial charge in [-0.1, -0.05) is 0 Å². The van der Waals surface area contributed by atoms with Crippen molar-refractivity contribution in [3.8, 4) is 28.1 Å². The smallest absolute Gasteiger partial charge is 0.285 e. The van der Waals surface area contributed by atoms with Gasteiger partial charge in [0.25, 0.3) is 5.56 Å². The molecule has 0 saturated carbocycles. The summed E-state index contributed by atoms with van der Waals surface area (Å²) in [7, 11) is 3.17. The highest BCUT2D eigenvalue weighted by atomic mass is 32.1. The summed E-state index contributed by atoms with van der Waals surface area (Å²) < 4.78 is 11.9. The molecule has 2 heterocycles. The lowest BCUT2D eigenvalue weighted by molar-refractivity contribution is 0.355. The van der Waals surface area contributed by atoms with Crippen LogP contribution in [-0.2, 0) is 6.54 Å². The first-order chi connectivity index (χ1) is 13.0. The molecule has 0 unspecified atom stereocenters. The zero-order valence-corrected chi connectivity index (χ0v) is 16.3. The van der Waals surface area contributed by atoms with E-state index >= 15 is 0 Å². The SMILES string of the molecule is COc1ccc(-c2nc(Cn3nc(C)c(C)c(C#N)c3=O)cs2)cc1OC.